The first-order chi connectivity index (χ1) is 11.2. The van der Waals surface area contributed by atoms with Crippen molar-refractivity contribution in [2.75, 3.05) is 25.6 Å². The molecule has 2 rings (SSSR count). The summed E-state index contributed by atoms with van der Waals surface area (Å²) in [4.78, 5) is 13.7. The van der Waals surface area contributed by atoms with Crippen molar-refractivity contribution >= 4 is 27.8 Å². The highest BCUT2D eigenvalue weighted by atomic mass is 79.9. The van der Waals surface area contributed by atoms with E-state index in [0.29, 0.717) is 22.4 Å². The van der Waals surface area contributed by atoms with Gasteiger partial charge in [-0.3, -0.25) is 0 Å². The number of hydrogen-bond donors (Lipinski definition) is 1. The SMILES string of the molecule is CNc1c(C#N)c(Br)nn1[C@H]1C[C@@H](CF)N(C(=O)OC(C)(C)C)C1. The molecule has 1 aliphatic rings. The first-order valence-electron chi connectivity index (χ1n) is 7.63. The van der Waals surface area contributed by atoms with Crippen LogP contribution in [-0.2, 0) is 4.74 Å². The maximum atomic E-state index is 13.4. The molecule has 0 aliphatic carbocycles. The largest absolute Gasteiger partial charge is 0.444 e. The van der Waals surface area contributed by atoms with Crippen LogP contribution in [0.15, 0.2) is 4.60 Å². The highest BCUT2D eigenvalue weighted by Crippen LogP contribution is 2.34. The Balaban J connectivity index is 2.26. The lowest BCUT2D eigenvalue weighted by atomic mass is 10.2. The van der Waals surface area contributed by atoms with Gasteiger partial charge in [0.1, 0.15) is 34.3 Å². The molecule has 1 fully saturated rings. The van der Waals surface area contributed by atoms with Gasteiger partial charge < -0.3 is 15.0 Å². The fourth-order valence-corrected chi connectivity index (χ4v) is 3.22. The summed E-state index contributed by atoms with van der Waals surface area (Å²) < 4.78 is 20.8. The highest BCUT2D eigenvalue weighted by molar-refractivity contribution is 9.10. The predicted octanol–water partition coefficient (Wildman–Crippen LogP) is 3.08. The molecule has 0 aromatic carbocycles. The Morgan fingerprint density at radius 2 is 2.25 bits per heavy atom. The Morgan fingerprint density at radius 1 is 1.58 bits per heavy atom. The topological polar surface area (TPSA) is 83.2 Å². The van der Waals surface area contributed by atoms with E-state index < -0.39 is 24.4 Å². The molecule has 0 bridgehead atoms. The lowest BCUT2D eigenvalue weighted by molar-refractivity contribution is 0.0203. The third kappa shape index (κ3) is 3.64. The Labute approximate surface area is 148 Å². The van der Waals surface area contributed by atoms with E-state index in [1.165, 1.54) is 4.90 Å². The molecule has 7 nitrogen and oxygen atoms in total. The fraction of sp³-hybridized carbons (Fsp3) is 0.667. The monoisotopic (exact) mass is 401 g/mol. The van der Waals surface area contributed by atoms with Gasteiger partial charge in [-0.05, 0) is 43.1 Å². The maximum absolute atomic E-state index is 13.4. The van der Waals surface area contributed by atoms with E-state index in [4.69, 9.17) is 4.74 Å². The van der Waals surface area contributed by atoms with Crippen LogP contribution < -0.4 is 5.32 Å². The summed E-state index contributed by atoms with van der Waals surface area (Å²) in [6.07, 6.45) is -0.131. The summed E-state index contributed by atoms with van der Waals surface area (Å²) in [6.45, 7) is 4.93. The van der Waals surface area contributed by atoms with Crippen molar-refractivity contribution in [3.8, 4) is 6.07 Å². The Hall–Kier alpha value is -1.82. The molecule has 132 valence electrons. The zero-order chi connectivity index (χ0) is 18.1. The molecular weight excluding hydrogens is 381 g/mol. The predicted molar refractivity (Wildman–Crippen MR) is 90.5 cm³/mol. The number of aromatic nitrogens is 2. The molecule has 1 aromatic rings. The smallest absolute Gasteiger partial charge is 0.410 e. The molecule has 1 saturated heterocycles. The summed E-state index contributed by atoms with van der Waals surface area (Å²) in [6, 6.07) is 1.27. The van der Waals surface area contributed by atoms with Crippen LogP contribution in [-0.4, -0.2) is 52.7 Å². The lowest BCUT2D eigenvalue weighted by Gasteiger charge is -2.27. The number of amides is 1. The van der Waals surface area contributed by atoms with Gasteiger partial charge in [-0.2, -0.15) is 10.4 Å². The van der Waals surface area contributed by atoms with Crippen molar-refractivity contribution in [1.29, 1.82) is 5.26 Å². The molecule has 0 saturated carbocycles. The third-order valence-electron chi connectivity index (χ3n) is 3.76. The number of nitriles is 1. The van der Waals surface area contributed by atoms with Gasteiger partial charge in [-0.15, -0.1) is 0 Å². The number of likely N-dealkylation sites (tertiary alicyclic amines) is 1. The van der Waals surface area contributed by atoms with Crippen LogP contribution in [0.5, 0.6) is 0 Å². The minimum absolute atomic E-state index is 0.237. The molecule has 1 amide bonds. The number of ether oxygens (including phenoxy) is 1. The first-order valence-corrected chi connectivity index (χ1v) is 8.42. The first kappa shape index (κ1) is 18.5. The number of nitrogens with one attached hydrogen (secondary N) is 1. The number of alkyl halides is 1. The highest BCUT2D eigenvalue weighted by Gasteiger charge is 2.40. The second-order valence-electron chi connectivity index (χ2n) is 6.65. The zero-order valence-electron chi connectivity index (χ0n) is 14.1. The number of carbonyl (C=O) groups excluding carboxylic acids is 1. The van der Waals surface area contributed by atoms with Crippen LogP contribution >= 0.6 is 15.9 Å². The maximum Gasteiger partial charge on any atom is 0.410 e. The van der Waals surface area contributed by atoms with Crippen molar-refractivity contribution in [3.05, 3.63) is 10.2 Å². The lowest BCUT2D eigenvalue weighted by Crippen LogP contribution is -2.40. The van der Waals surface area contributed by atoms with E-state index in [9.17, 15) is 14.4 Å². The molecule has 1 N–H and O–H groups in total. The molecule has 2 heterocycles. The molecule has 0 spiro atoms. The van der Waals surface area contributed by atoms with Gasteiger partial charge in [-0.25, -0.2) is 13.9 Å². The van der Waals surface area contributed by atoms with E-state index >= 15 is 0 Å². The number of hydrogen-bond acceptors (Lipinski definition) is 5. The van der Waals surface area contributed by atoms with Crippen LogP contribution in [0.4, 0.5) is 15.0 Å². The van der Waals surface area contributed by atoms with Gasteiger partial charge in [0.15, 0.2) is 0 Å². The van der Waals surface area contributed by atoms with Crippen molar-refractivity contribution < 1.29 is 13.9 Å². The van der Waals surface area contributed by atoms with E-state index in [-0.39, 0.29) is 12.6 Å². The van der Waals surface area contributed by atoms with Crippen molar-refractivity contribution in [1.82, 2.24) is 14.7 Å². The summed E-state index contributed by atoms with van der Waals surface area (Å²) in [5.41, 5.74) is -0.264. The summed E-state index contributed by atoms with van der Waals surface area (Å²) in [7, 11) is 1.69. The van der Waals surface area contributed by atoms with Crippen LogP contribution in [0.25, 0.3) is 0 Å². The molecule has 0 unspecified atom stereocenters. The summed E-state index contributed by atoms with van der Waals surface area (Å²) in [5, 5.41) is 16.5. The molecule has 9 heteroatoms. The van der Waals surface area contributed by atoms with Crippen molar-refractivity contribution in [2.45, 2.75) is 44.9 Å². The minimum Gasteiger partial charge on any atom is -0.444 e. The van der Waals surface area contributed by atoms with Crippen molar-refractivity contribution in [2.24, 2.45) is 0 Å². The van der Waals surface area contributed by atoms with Crippen molar-refractivity contribution in [3.63, 3.8) is 0 Å². The molecule has 0 radical (unpaired) electrons. The summed E-state index contributed by atoms with van der Waals surface area (Å²) in [5.74, 6) is 0.540. The van der Waals surface area contributed by atoms with Gasteiger partial charge in [-0.1, -0.05) is 0 Å². The van der Waals surface area contributed by atoms with E-state index in [1.54, 1.807) is 32.5 Å². The number of rotatable bonds is 3. The number of nitrogens with zero attached hydrogens (tertiary/aromatic N) is 4. The van der Waals surface area contributed by atoms with E-state index in [1.807, 2.05) is 0 Å². The normalized spacial score (nSPS) is 20.8. The third-order valence-corrected chi connectivity index (χ3v) is 4.32. The molecule has 1 aliphatic heterocycles. The number of carbonyl (C=O) groups is 1. The van der Waals surface area contributed by atoms with Gasteiger partial charge >= 0.3 is 6.09 Å². The second kappa shape index (κ2) is 6.97. The van der Waals surface area contributed by atoms with Crippen LogP contribution in [0.1, 0.15) is 38.8 Å². The Bertz CT molecular complexity index is 664. The second-order valence-corrected chi connectivity index (χ2v) is 7.40. The molecular formula is C15H21BrFN5O2. The fourth-order valence-electron chi connectivity index (χ4n) is 2.77. The van der Waals surface area contributed by atoms with Gasteiger partial charge in [0, 0.05) is 13.6 Å². The van der Waals surface area contributed by atoms with Crippen LogP contribution in [0.2, 0.25) is 0 Å². The van der Waals surface area contributed by atoms with Gasteiger partial charge in [0.05, 0.1) is 12.1 Å². The molecule has 1 aromatic heterocycles. The Morgan fingerprint density at radius 3 is 2.75 bits per heavy atom. The Kier molecular flexibility index (Phi) is 5.38. The minimum atomic E-state index is -0.655. The standard InChI is InChI=1S/C15H21BrFN5O2/c1-15(2,3)24-14(23)21-8-10(5-9(21)6-17)22-13(19-4)11(7-18)12(16)20-22/h9-10,19H,5-6,8H2,1-4H3/t9-,10-/m0/s1. The summed E-state index contributed by atoms with van der Waals surface area (Å²) >= 11 is 3.26. The van der Waals surface area contributed by atoms with Crippen LogP contribution in [0.3, 0.4) is 0 Å². The number of anilines is 1. The average Bonchev–Trinajstić information content (AvgIpc) is 3.05. The van der Waals surface area contributed by atoms with E-state index in [0.717, 1.165) is 0 Å². The number of halogens is 2. The van der Waals surface area contributed by atoms with Crippen LogP contribution in [0, 0.1) is 11.3 Å². The molecule has 2 atom stereocenters. The van der Waals surface area contributed by atoms with E-state index in [2.05, 4.69) is 32.4 Å². The quantitative estimate of drug-likeness (QED) is 0.840. The van der Waals surface area contributed by atoms with Gasteiger partial charge in [0.25, 0.3) is 0 Å². The van der Waals surface area contributed by atoms with Gasteiger partial charge in [0.2, 0.25) is 0 Å². The zero-order valence-corrected chi connectivity index (χ0v) is 15.7. The average molecular weight is 402 g/mol. The molecule has 24 heavy (non-hydrogen) atoms.